The van der Waals surface area contributed by atoms with Crippen LogP contribution in [-0.2, 0) is 19.1 Å². The SMILES string of the molecule is C=C(C#N)C(=O)OC/C=C/COC(=O)C(=C)C#N. The number of ether oxygens (including phenoxy) is 2. The van der Waals surface area contributed by atoms with Crippen LogP contribution in [0.25, 0.3) is 0 Å². The lowest BCUT2D eigenvalue weighted by Gasteiger charge is -1.99. The molecule has 0 aromatic carbocycles. The van der Waals surface area contributed by atoms with Gasteiger partial charge < -0.3 is 9.47 Å². The van der Waals surface area contributed by atoms with Crippen LogP contribution in [0.15, 0.2) is 36.5 Å². The minimum atomic E-state index is -0.808. The normalized spacial score (nSPS) is 9.00. The van der Waals surface area contributed by atoms with Gasteiger partial charge in [-0.05, 0) is 12.2 Å². The van der Waals surface area contributed by atoms with Crippen molar-refractivity contribution in [1.82, 2.24) is 0 Å². The average Bonchev–Trinajstić information content (AvgIpc) is 2.39. The molecule has 0 radical (unpaired) electrons. The highest BCUT2D eigenvalue weighted by Gasteiger charge is 2.06. The van der Waals surface area contributed by atoms with Crippen LogP contribution in [-0.4, -0.2) is 25.2 Å². The van der Waals surface area contributed by atoms with E-state index in [4.69, 9.17) is 10.5 Å². The van der Waals surface area contributed by atoms with E-state index in [1.54, 1.807) is 12.1 Å². The highest BCUT2D eigenvalue weighted by molar-refractivity contribution is 5.92. The summed E-state index contributed by atoms with van der Waals surface area (Å²) < 4.78 is 9.22. The molecule has 0 atom stereocenters. The summed E-state index contributed by atoms with van der Waals surface area (Å²) in [5.41, 5.74) is -0.583. The van der Waals surface area contributed by atoms with Crippen molar-refractivity contribution in [2.24, 2.45) is 0 Å². The Balaban J connectivity index is 3.82. The van der Waals surface area contributed by atoms with Crippen LogP contribution in [0.4, 0.5) is 0 Å². The first-order valence-electron chi connectivity index (χ1n) is 4.70. The zero-order chi connectivity index (χ0) is 14.0. The topological polar surface area (TPSA) is 100 Å². The molecule has 6 heteroatoms. The van der Waals surface area contributed by atoms with Crippen LogP contribution < -0.4 is 0 Å². The predicted molar refractivity (Wildman–Crippen MR) is 60.6 cm³/mol. The number of esters is 2. The molecule has 0 N–H and O–H groups in total. The van der Waals surface area contributed by atoms with E-state index in [0.717, 1.165) is 0 Å². The molecule has 0 aliphatic rings. The van der Waals surface area contributed by atoms with E-state index in [0.29, 0.717) is 0 Å². The van der Waals surface area contributed by atoms with Crippen LogP contribution in [0.3, 0.4) is 0 Å². The van der Waals surface area contributed by atoms with Gasteiger partial charge in [0.05, 0.1) is 0 Å². The number of hydrogen-bond acceptors (Lipinski definition) is 6. The van der Waals surface area contributed by atoms with E-state index >= 15 is 0 Å². The fourth-order valence-corrected chi connectivity index (χ4v) is 0.649. The third kappa shape index (κ3) is 5.89. The first-order valence-corrected chi connectivity index (χ1v) is 4.70. The summed E-state index contributed by atoms with van der Waals surface area (Å²) in [5, 5.41) is 16.6. The van der Waals surface area contributed by atoms with Crippen LogP contribution in [0.2, 0.25) is 0 Å². The minimum absolute atomic E-state index is 0.0731. The molecule has 0 saturated carbocycles. The van der Waals surface area contributed by atoms with Gasteiger partial charge in [-0.3, -0.25) is 0 Å². The Kier molecular flexibility index (Phi) is 6.99. The van der Waals surface area contributed by atoms with Crippen molar-refractivity contribution in [1.29, 1.82) is 10.5 Å². The Morgan fingerprint density at radius 3 is 1.56 bits per heavy atom. The Labute approximate surface area is 104 Å². The molecule has 0 amide bonds. The van der Waals surface area contributed by atoms with Crippen molar-refractivity contribution in [3.8, 4) is 12.1 Å². The number of rotatable bonds is 6. The Hall–Kier alpha value is -2.86. The minimum Gasteiger partial charge on any atom is -0.457 e. The quantitative estimate of drug-likeness (QED) is 0.297. The molecule has 0 fully saturated rings. The maximum absolute atomic E-state index is 10.9. The number of carbonyl (C=O) groups is 2. The molecule has 18 heavy (non-hydrogen) atoms. The van der Waals surface area contributed by atoms with Crippen LogP contribution in [0.1, 0.15) is 0 Å². The molecule has 0 aliphatic heterocycles. The fourth-order valence-electron chi connectivity index (χ4n) is 0.649. The lowest BCUT2D eigenvalue weighted by atomic mass is 10.3. The second-order valence-electron chi connectivity index (χ2n) is 2.85. The lowest BCUT2D eigenvalue weighted by Crippen LogP contribution is -2.07. The Morgan fingerprint density at radius 1 is 0.944 bits per heavy atom. The van der Waals surface area contributed by atoms with Crippen LogP contribution >= 0.6 is 0 Å². The molecule has 0 aromatic heterocycles. The molecule has 0 spiro atoms. The van der Waals surface area contributed by atoms with Crippen molar-refractivity contribution in [2.75, 3.05) is 13.2 Å². The van der Waals surface area contributed by atoms with Crippen molar-refractivity contribution < 1.29 is 19.1 Å². The van der Waals surface area contributed by atoms with Gasteiger partial charge in [0, 0.05) is 0 Å². The van der Waals surface area contributed by atoms with Gasteiger partial charge in [0.15, 0.2) is 0 Å². The smallest absolute Gasteiger partial charge is 0.348 e. The number of nitrogens with zero attached hydrogens (tertiary/aromatic N) is 2. The van der Waals surface area contributed by atoms with E-state index < -0.39 is 11.9 Å². The van der Waals surface area contributed by atoms with Gasteiger partial charge in [0.2, 0.25) is 0 Å². The molecule has 0 aromatic rings. The van der Waals surface area contributed by atoms with E-state index in [-0.39, 0.29) is 24.4 Å². The van der Waals surface area contributed by atoms with E-state index in [9.17, 15) is 9.59 Å². The molecule has 0 aliphatic carbocycles. The second kappa shape index (κ2) is 8.31. The van der Waals surface area contributed by atoms with Gasteiger partial charge >= 0.3 is 11.9 Å². The third-order valence-corrected chi connectivity index (χ3v) is 1.55. The van der Waals surface area contributed by atoms with E-state index in [2.05, 4.69) is 22.6 Å². The summed E-state index contributed by atoms with van der Waals surface area (Å²) in [7, 11) is 0. The summed E-state index contributed by atoms with van der Waals surface area (Å²) in [5.74, 6) is -1.62. The van der Waals surface area contributed by atoms with Crippen LogP contribution in [0, 0.1) is 22.7 Å². The zero-order valence-electron chi connectivity index (χ0n) is 9.51. The fraction of sp³-hybridized carbons (Fsp3) is 0.167. The van der Waals surface area contributed by atoms with Crippen molar-refractivity contribution in [2.45, 2.75) is 0 Å². The maximum atomic E-state index is 10.9. The van der Waals surface area contributed by atoms with Gasteiger partial charge in [0.25, 0.3) is 0 Å². The summed E-state index contributed by atoms with van der Waals surface area (Å²) in [6.45, 7) is 6.20. The number of hydrogen-bond donors (Lipinski definition) is 0. The van der Waals surface area contributed by atoms with Gasteiger partial charge in [-0.2, -0.15) is 10.5 Å². The lowest BCUT2D eigenvalue weighted by molar-refractivity contribution is -0.138. The molecule has 0 unspecified atom stereocenters. The molecule has 0 heterocycles. The van der Waals surface area contributed by atoms with Gasteiger partial charge in [-0.1, -0.05) is 13.2 Å². The Morgan fingerprint density at radius 2 is 1.28 bits per heavy atom. The van der Waals surface area contributed by atoms with Crippen LogP contribution in [0.5, 0.6) is 0 Å². The van der Waals surface area contributed by atoms with Crippen molar-refractivity contribution in [3.63, 3.8) is 0 Å². The van der Waals surface area contributed by atoms with Gasteiger partial charge in [-0.15, -0.1) is 0 Å². The van der Waals surface area contributed by atoms with Gasteiger partial charge in [-0.25, -0.2) is 9.59 Å². The number of carbonyl (C=O) groups excluding carboxylic acids is 2. The van der Waals surface area contributed by atoms with Crippen molar-refractivity contribution >= 4 is 11.9 Å². The van der Waals surface area contributed by atoms with Gasteiger partial charge in [0.1, 0.15) is 36.5 Å². The summed E-state index contributed by atoms with van der Waals surface area (Å²) in [6.07, 6.45) is 2.84. The average molecular weight is 246 g/mol. The third-order valence-electron chi connectivity index (χ3n) is 1.55. The molecule has 0 saturated heterocycles. The first-order chi connectivity index (χ1) is 8.52. The zero-order valence-corrected chi connectivity index (χ0v) is 9.51. The Bertz CT molecular complexity index is 433. The second-order valence-corrected chi connectivity index (χ2v) is 2.85. The van der Waals surface area contributed by atoms with E-state index in [1.807, 2.05) is 0 Å². The summed E-state index contributed by atoms with van der Waals surface area (Å²) in [6, 6.07) is 3.10. The highest BCUT2D eigenvalue weighted by Crippen LogP contribution is 1.94. The first kappa shape index (κ1) is 15.1. The maximum Gasteiger partial charge on any atom is 0.348 e. The molecule has 92 valence electrons. The largest absolute Gasteiger partial charge is 0.457 e. The molecule has 6 nitrogen and oxygen atoms in total. The molecular weight excluding hydrogens is 236 g/mol. The number of nitriles is 2. The molecule has 0 rings (SSSR count). The summed E-state index contributed by atoms with van der Waals surface area (Å²) in [4.78, 5) is 21.9. The molecular formula is C12H10N2O4. The highest BCUT2D eigenvalue weighted by atomic mass is 16.5. The molecule has 0 bridgehead atoms. The predicted octanol–water partition coefficient (Wildman–Crippen LogP) is 0.789. The van der Waals surface area contributed by atoms with E-state index in [1.165, 1.54) is 12.2 Å². The summed E-state index contributed by atoms with van der Waals surface area (Å²) >= 11 is 0. The monoisotopic (exact) mass is 246 g/mol. The standard InChI is InChI=1S/C12H10N2O4/c1-9(7-13)11(15)17-5-3-4-6-18-12(16)10(2)8-14/h3-4H,1-2,5-6H2/b4-3+. The van der Waals surface area contributed by atoms with Crippen molar-refractivity contribution in [3.05, 3.63) is 36.5 Å².